The van der Waals surface area contributed by atoms with Crippen molar-refractivity contribution in [2.75, 3.05) is 7.11 Å². The van der Waals surface area contributed by atoms with E-state index >= 15 is 0 Å². The molecule has 4 heteroatoms. The molecule has 0 spiro atoms. The number of nitriles is 1. The van der Waals surface area contributed by atoms with Crippen molar-refractivity contribution in [1.82, 2.24) is 4.98 Å². The van der Waals surface area contributed by atoms with Crippen molar-refractivity contribution in [3.05, 3.63) is 34.8 Å². The van der Waals surface area contributed by atoms with Crippen molar-refractivity contribution in [2.45, 2.75) is 6.92 Å². The summed E-state index contributed by atoms with van der Waals surface area (Å²) in [5, 5.41) is 9.70. The summed E-state index contributed by atoms with van der Waals surface area (Å²) >= 11 is 1.52. The van der Waals surface area contributed by atoms with E-state index in [0.717, 1.165) is 21.2 Å². The third-order valence-electron chi connectivity index (χ3n) is 2.22. The van der Waals surface area contributed by atoms with Gasteiger partial charge in [0.1, 0.15) is 16.8 Å². The van der Waals surface area contributed by atoms with Gasteiger partial charge in [0.15, 0.2) is 5.69 Å². The van der Waals surface area contributed by atoms with Gasteiger partial charge in [-0.25, -0.2) is 4.98 Å². The van der Waals surface area contributed by atoms with Gasteiger partial charge in [-0.3, -0.25) is 0 Å². The maximum atomic E-state index is 8.85. The van der Waals surface area contributed by atoms with E-state index in [9.17, 15) is 0 Å². The molecule has 2 rings (SSSR count). The van der Waals surface area contributed by atoms with Crippen LogP contribution in [0.25, 0.3) is 10.6 Å². The summed E-state index contributed by atoms with van der Waals surface area (Å²) in [4.78, 5) is 5.22. The Morgan fingerprint density at radius 1 is 1.44 bits per heavy atom. The third-order valence-corrected chi connectivity index (χ3v) is 3.24. The maximum absolute atomic E-state index is 8.85. The Bertz CT molecular complexity index is 554. The Kier molecular flexibility index (Phi) is 2.88. The monoisotopic (exact) mass is 230 g/mol. The minimum atomic E-state index is 0.503. The first-order valence-electron chi connectivity index (χ1n) is 4.76. The molecule has 16 heavy (non-hydrogen) atoms. The molecule has 3 nitrogen and oxygen atoms in total. The lowest BCUT2D eigenvalue weighted by molar-refractivity contribution is 0.415. The van der Waals surface area contributed by atoms with Crippen LogP contribution < -0.4 is 4.74 Å². The fraction of sp³-hybridized carbons (Fsp3) is 0.167. The second-order valence-electron chi connectivity index (χ2n) is 3.27. The lowest BCUT2D eigenvalue weighted by Gasteiger charge is -2.00. The molecule has 0 atom stereocenters. The summed E-state index contributed by atoms with van der Waals surface area (Å²) in [6, 6.07) is 9.76. The van der Waals surface area contributed by atoms with Crippen LogP contribution in [0.1, 0.15) is 10.6 Å². The Morgan fingerprint density at radius 3 is 2.88 bits per heavy atom. The smallest absolute Gasteiger partial charge is 0.155 e. The zero-order valence-corrected chi connectivity index (χ0v) is 9.84. The molecule has 0 radical (unpaired) electrons. The Labute approximate surface area is 97.9 Å². The molecule has 0 saturated carbocycles. The molecule has 0 fully saturated rings. The van der Waals surface area contributed by atoms with Crippen LogP contribution in [0, 0.1) is 18.3 Å². The van der Waals surface area contributed by atoms with Gasteiger partial charge in [-0.2, -0.15) is 5.26 Å². The third kappa shape index (κ3) is 1.90. The second-order valence-corrected chi connectivity index (χ2v) is 4.47. The quantitative estimate of drug-likeness (QED) is 0.796. The highest BCUT2D eigenvalue weighted by molar-refractivity contribution is 7.15. The van der Waals surface area contributed by atoms with E-state index in [1.165, 1.54) is 11.3 Å². The number of ether oxygens (including phenoxy) is 1. The highest BCUT2D eigenvalue weighted by atomic mass is 32.1. The topological polar surface area (TPSA) is 45.9 Å². The van der Waals surface area contributed by atoms with Crippen molar-refractivity contribution < 1.29 is 4.74 Å². The number of hydrogen-bond acceptors (Lipinski definition) is 4. The minimum absolute atomic E-state index is 0.503. The molecule has 0 aliphatic heterocycles. The number of thiazole rings is 1. The second kappa shape index (κ2) is 4.33. The van der Waals surface area contributed by atoms with Gasteiger partial charge in [-0.05, 0) is 19.1 Å². The molecule has 0 aliphatic rings. The van der Waals surface area contributed by atoms with E-state index in [-0.39, 0.29) is 0 Å². The van der Waals surface area contributed by atoms with Gasteiger partial charge in [0.05, 0.1) is 7.11 Å². The van der Waals surface area contributed by atoms with Crippen LogP contribution in [0.5, 0.6) is 5.75 Å². The van der Waals surface area contributed by atoms with Gasteiger partial charge < -0.3 is 4.74 Å². The number of nitrogens with zero attached hydrogens (tertiary/aromatic N) is 2. The highest BCUT2D eigenvalue weighted by Gasteiger charge is 2.09. The van der Waals surface area contributed by atoms with Gasteiger partial charge in [0, 0.05) is 10.4 Å². The van der Waals surface area contributed by atoms with Crippen molar-refractivity contribution in [2.24, 2.45) is 0 Å². The van der Waals surface area contributed by atoms with Crippen LogP contribution in [0.2, 0.25) is 0 Å². The lowest BCUT2D eigenvalue weighted by Crippen LogP contribution is -1.83. The molecular weight excluding hydrogens is 220 g/mol. The molecule has 0 N–H and O–H groups in total. The fourth-order valence-electron chi connectivity index (χ4n) is 1.38. The Balaban J connectivity index is 2.46. The van der Waals surface area contributed by atoms with Crippen LogP contribution in [0.4, 0.5) is 0 Å². The van der Waals surface area contributed by atoms with Gasteiger partial charge in [0.2, 0.25) is 0 Å². The maximum Gasteiger partial charge on any atom is 0.155 e. The number of aromatic nitrogens is 1. The molecule has 0 aliphatic carbocycles. The molecule has 2 aromatic rings. The number of benzene rings is 1. The van der Waals surface area contributed by atoms with E-state index in [1.807, 2.05) is 31.2 Å². The summed E-state index contributed by atoms with van der Waals surface area (Å²) in [5.41, 5.74) is 1.48. The van der Waals surface area contributed by atoms with Crippen LogP contribution in [0.15, 0.2) is 24.3 Å². The van der Waals surface area contributed by atoms with Crippen molar-refractivity contribution in [3.63, 3.8) is 0 Å². The first kappa shape index (κ1) is 10.7. The van der Waals surface area contributed by atoms with E-state index in [0.29, 0.717) is 5.69 Å². The van der Waals surface area contributed by atoms with E-state index < -0.39 is 0 Å². The van der Waals surface area contributed by atoms with Gasteiger partial charge in [-0.1, -0.05) is 12.1 Å². The number of hydrogen-bond donors (Lipinski definition) is 0. The minimum Gasteiger partial charge on any atom is -0.497 e. The summed E-state index contributed by atoms with van der Waals surface area (Å²) in [6.45, 7) is 1.90. The van der Waals surface area contributed by atoms with Crippen molar-refractivity contribution in [3.8, 4) is 22.4 Å². The largest absolute Gasteiger partial charge is 0.497 e. The van der Waals surface area contributed by atoms with Crippen LogP contribution in [-0.4, -0.2) is 12.1 Å². The van der Waals surface area contributed by atoms with Gasteiger partial charge >= 0.3 is 0 Å². The van der Waals surface area contributed by atoms with E-state index in [1.54, 1.807) is 7.11 Å². The highest BCUT2D eigenvalue weighted by Crippen LogP contribution is 2.29. The Morgan fingerprint density at radius 2 is 2.25 bits per heavy atom. The SMILES string of the molecule is COc1cccc(-c2nc(C#N)c(C)s2)c1. The van der Waals surface area contributed by atoms with Crippen molar-refractivity contribution in [1.29, 1.82) is 5.26 Å². The summed E-state index contributed by atoms with van der Waals surface area (Å²) in [7, 11) is 1.63. The molecule has 80 valence electrons. The Hall–Kier alpha value is -1.86. The van der Waals surface area contributed by atoms with E-state index in [2.05, 4.69) is 11.1 Å². The summed E-state index contributed by atoms with van der Waals surface area (Å²) in [5.74, 6) is 0.795. The standard InChI is InChI=1S/C12H10N2OS/c1-8-11(7-13)14-12(16-8)9-4-3-5-10(6-9)15-2/h3-6H,1-2H3. The van der Waals surface area contributed by atoms with Gasteiger partial charge in [-0.15, -0.1) is 11.3 Å². The number of methoxy groups -OCH3 is 1. The molecule has 0 unspecified atom stereocenters. The lowest BCUT2D eigenvalue weighted by atomic mass is 10.2. The fourth-order valence-corrected chi connectivity index (χ4v) is 2.24. The van der Waals surface area contributed by atoms with Gasteiger partial charge in [0.25, 0.3) is 0 Å². The summed E-state index contributed by atoms with van der Waals surface area (Å²) in [6.07, 6.45) is 0. The normalized spacial score (nSPS) is 9.81. The molecule has 1 aromatic carbocycles. The zero-order chi connectivity index (χ0) is 11.5. The number of aryl methyl sites for hydroxylation is 1. The predicted molar refractivity (Wildman–Crippen MR) is 63.6 cm³/mol. The molecule has 0 saturated heterocycles. The van der Waals surface area contributed by atoms with Crippen molar-refractivity contribution >= 4 is 11.3 Å². The zero-order valence-electron chi connectivity index (χ0n) is 9.02. The average Bonchev–Trinajstić information content (AvgIpc) is 2.71. The average molecular weight is 230 g/mol. The summed E-state index contributed by atoms with van der Waals surface area (Å²) < 4.78 is 5.15. The number of rotatable bonds is 2. The molecule has 0 bridgehead atoms. The first-order valence-corrected chi connectivity index (χ1v) is 5.58. The van der Waals surface area contributed by atoms with E-state index in [4.69, 9.17) is 10.00 Å². The van der Waals surface area contributed by atoms with Crippen LogP contribution >= 0.6 is 11.3 Å². The van der Waals surface area contributed by atoms with Crippen LogP contribution in [-0.2, 0) is 0 Å². The molecular formula is C12H10N2OS. The molecule has 0 amide bonds. The molecule has 1 aromatic heterocycles. The first-order chi connectivity index (χ1) is 7.74. The van der Waals surface area contributed by atoms with Crippen LogP contribution in [0.3, 0.4) is 0 Å². The predicted octanol–water partition coefficient (Wildman–Crippen LogP) is 3.00. The molecule has 1 heterocycles.